The van der Waals surface area contributed by atoms with Crippen molar-refractivity contribution in [2.75, 3.05) is 18.0 Å². The molecule has 170 valence electrons. The molecule has 3 aromatic rings. The Morgan fingerprint density at radius 1 is 1.00 bits per heavy atom. The van der Waals surface area contributed by atoms with Crippen LogP contribution in [0.4, 0.5) is 23.4 Å². The van der Waals surface area contributed by atoms with Crippen molar-refractivity contribution in [2.45, 2.75) is 50.0 Å². The number of imidazole rings is 1. The van der Waals surface area contributed by atoms with Crippen LogP contribution in [0.5, 0.6) is 5.88 Å². The lowest BCUT2D eigenvalue weighted by molar-refractivity contribution is -0.380. The molecule has 3 heterocycles. The molecular formula is C22H22F4N4O2. The number of anilines is 1. The van der Waals surface area contributed by atoms with E-state index in [1.165, 1.54) is 6.07 Å². The summed E-state index contributed by atoms with van der Waals surface area (Å²) in [7, 11) is 0. The van der Waals surface area contributed by atoms with Crippen LogP contribution >= 0.6 is 0 Å². The van der Waals surface area contributed by atoms with Crippen LogP contribution in [0, 0.1) is 0 Å². The molecule has 0 radical (unpaired) electrons. The summed E-state index contributed by atoms with van der Waals surface area (Å²) < 4.78 is 67.0. The summed E-state index contributed by atoms with van der Waals surface area (Å²) in [5.74, 6) is 0.274. The molecule has 2 aromatic heterocycles. The fraction of sp³-hybridized carbons (Fsp3) is 0.455. The molecule has 32 heavy (non-hydrogen) atoms. The van der Waals surface area contributed by atoms with Gasteiger partial charge in [-0.25, -0.2) is 4.98 Å². The molecule has 1 aliphatic carbocycles. The number of alkyl halides is 4. The number of hydrogen-bond donors (Lipinski definition) is 0. The lowest BCUT2D eigenvalue weighted by Crippen LogP contribution is -2.55. The molecule has 1 aromatic carbocycles. The summed E-state index contributed by atoms with van der Waals surface area (Å²) >= 11 is 0. The average Bonchev–Trinajstić information content (AvgIpc) is 3.27. The highest BCUT2D eigenvalue weighted by Gasteiger charge is 2.52. The van der Waals surface area contributed by atoms with Gasteiger partial charge in [-0.1, -0.05) is 18.2 Å². The van der Waals surface area contributed by atoms with Crippen molar-refractivity contribution in [2.24, 2.45) is 0 Å². The van der Waals surface area contributed by atoms with Gasteiger partial charge in [0, 0.05) is 23.8 Å². The number of benzene rings is 1. The monoisotopic (exact) mass is 450 g/mol. The predicted molar refractivity (Wildman–Crippen MR) is 109 cm³/mol. The molecule has 0 unspecified atom stereocenters. The Morgan fingerprint density at radius 2 is 1.72 bits per heavy atom. The van der Waals surface area contributed by atoms with Crippen molar-refractivity contribution < 1.29 is 27.0 Å². The molecule has 10 heteroatoms. The van der Waals surface area contributed by atoms with Crippen LogP contribution in [0.2, 0.25) is 0 Å². The van der Waals surface area contributed by atoms with Crippen LogP contribution < -0.4 is 9.64 Å². The standard InChI is InChI=1S/C22H22F4N4O2/c23-21(24)12-30(13-22(25,26)32-21)19-11-15-3-1-2-4-18(15)20(28-19)31-17-7-5-16(6-8-17)29-10-9-27-14-29/h1-4,9-11,14,16-17H,5-8,12-13H2. The second kappa shape index (κ2) is 7.91. The SMILES string of the molecule is FC1(F)CN(c2cc3ccccc3c(OC3CCC(n4ccnc4)CC3)n2)CC(F)(F)O1. The first-order chi connectivity index (χ1) is 15.3. The van der Waals surface area contributed by atoms with E-state index in [0.29, 0.717) is 16.8 Å². The van der Waals surface area contributed by atoms with Crippen LogP contribution in [-0.2, 0) is 4.74 Å². The molecule has 0 N–H and O–H groups in total. The quantitative estimate of drug-likeness (QED) is 0.523. The Hall–Kier alpha value is -2.88. The number of ether oxygens (including phenoxy) is 2. The highest BCUT2D eigenvalue weighted by molar-refractivity contribution is 5.89. The molecule has 0 atom stereocenters. The number of hydrogen-bond acceptors (Lipinski definition) is 5. The van der Waals surface area contributed by atoms with Gasteiger partial charge in [0.2, 0.25) is 5.88 Å². The van der Waals surface area contributed by atoms with E-state index in [9.17, 15) is 17.6 Å². The Morgan fingerprint density at radius 3 is 2.41 bits per heavy atom. The third kappa shape index (κ3) is 4.36. The maximum absolute atomic E-state index is 13.8. The van der Waals surface area contributed by atoms with Gasteiger partial charge in [0.1, 0.15) is 25.0 Å². The number of rotatable bonds is 4. The summed E-state index contributed by atoms with van der Waals surface area (Å²) in [6.45, 7) is -2.02. The summed E-state index contributed by atoms with van der Waals surface area (Å²) in [5, 5.41) is 1.39. The highest BCUT2D eigenvalue weighted by Crippen LogP contribution is 2.38. The molecule has 0 spiro atoms. The van der Waals surface area contributed by atoms with Gasteiger partial charge >= 0.3 is 12.2 Å². The van der Waals surface area contributed by atoms with Crippen LogP contribution in [0.25, 0.3) is 10.8 Å². The number of pyridine rings is 1. The largest absolute Gasteiger partial charge is 0.474 e. The highest BCUT2D eigenvalue weighted by atomic mass is 19.3. The number of morpholine rings is 1. The molecular weight excluding hydrogens is 428 g/mol. The van der Waals surface area contributed by atoms with Gasteiger partial charge in [-0.05, 0) is 43.2 Å². The molecule has 2 aliphatic rings. The van der Waals surface area contributed by atoms with Crippen molar-refractivity contribution >= 4 is 16.6 Å². The van der Waals surface area contributed by atoms with Gasteiger partial charge in [-0.2, -0.15) is 22.5 Å². The van der Waals surface area contributed by atoms with Gasteiger partial charge in [0.15, 0.2) is 0 Å². The van der Waals surface area contributed by atoms with Gasteiger partial charge < -0.3 is 14.2 Å². The molecule has 1 aliphatic heterocycles. The Kier molecular flexibility index (Phi) is 5.19. The molecule has 0 amide bonds. The van der Waals surface area contributed by atoms with Crippen LogP contribution in [0.3, 0.4) is 0 Å². The molecule has 5 rings (SSSR count). The zero-order valence-corrected chi connectivity index (χ0v) is 17.1. The number of fused-ring (bicyclic) bond motifs is 1. The van der Waals surface area contributed by atoms with Crippen molar-refractivity contribution in [3.63, 3.8) is 0 Å². The number of nitrogens with zero attached hydrogens (tertiary/aromatic N) is 4. The first-order valence-corrected chi connectivity index (χ1v) is 10.5. The second-order valence-electron chi connectivity index (χ2n) is 8.30. The average molecular weight is 450 g/mol. The second-order valence-corrected chi connectivity index (χ2v) is 8.30. The minimum absolute atomic E-state index is 0.00783. The van der Waals surface area contributed by atoms with E-state index in [-0.39, 0.29) is 17.8 Å². The Labute approximate surface area is 181 Å². The molecule has 6 nitrogen and oxygen atoms in total. The van der Waals surface area contributed by atoms with E-state index >= 15 is 0 Å². The molecule has 1 saturated carbocycles. The smallest absolute Gasteiger partial charge is 0.377 e. The lowest BCUT2D eigenvalue weighted by Gasteiger charge is -2.37. The van der Waals surface area contributed by atoms with Crippen molar-refractivity contribution in [3.05, 3.63) is 49.1 Å². The third-order valence-electron chi connectivity index (χ3n) is 5.93. The zero-order valence-electron chi connectivity index (χ0n) is 17.1. The maximum Gasteiger partial charge on any atom is 0.377 e. The van der Waals surface area contributed by atoms with Crippen molar-refractivity contribution in [1.29, 1.82) is 0 Å². The van der Waals surface area contributed by atoms with Crippen LogP contribution in [0.1, 0.15) is 31.7 Å². The van der Waals surface area contributed by atoms with E-state index in [2.05, 4.69) is 19.3 Å². The first kappa shape index (κ1) is 21.0. The Bertz CT molecular complexity index is 1070. The van der Waals surface area contributed by atoms with Gasteiger partial charge in [-0.3, -0.25) is 4.74 Å². The molecule has 0 bridgehead atoms. The zero-order chi connectivity index (χ0) is 22.3. The maximum atomic E-state index is 13.8. The van der Waals surface area contributed by atoms with E-state index < -0.39 is 25.3 Å². The summed E-state index contributed by atoms with van der Waals surface area (Å²) in [6, 6.07) is 9.08. The minimum atomic E-state index is -3.98. The van der Waals surface area contributed by atoms with Crippen molar-refractivity contribution in [3.8, 4) is 5.88 Å². The normalized spacial score (nSPS) is 25.1. The first-order valence-electron chi connectivity index (χ1n) is 10.5. The van der Waals surface area contributed by atoms with Crippen molar-refractivity contribution in [1.82, 2.24) is 14.5 Å². The topological polar surface area (TPSA) is 52.4 Å². The summed E-state index contributed by atoms with van der Waals surface area (Å²) in [4.78, 5) is 9.33. The van der Waals surface area contributed by atoms with E-state index in [1.807, 2.05) is 18.3 Å². The van der Waals surface area contributed by atoms with Gasteiger partial charge in [0.25, 0.3) is 0 Å². The predicted octanol–water partition coefficient (Wildman–Crippen LogP) is 5.02. The Balaban J connectivity index is 1.39. The minimum Gasteiger partial charge on any atom is -0.474 e. The van der Waals surface area contributed by atoms with Crippen LogP contribution in [-0.4, -0.2) is 45.9 Å². The lowest BCUT2D eigenvalue weighted by atomic mass is 9.93. The van der Waals surface area contributed by atoms with Crippen LogP contribution in [0.15, 0.2) is 49.1 Å². The summed E-state index contributed by atoms with van der Waals surface area (Å²) in [5.41, 5.74) is 0. The molecule has 1 saturated heterocycles. The van der Waals surface area contributed by atoms with E-state index in [4.69, 9.17) is 4.74 Å². The fourth-order valence-electron chi connectivity index (χ4n) is 4.45. The molecule has 2 fully saturated rings. The van der Waals surface area contributed by atoms with Gasteiger partial charge in [0.05, 0.1) is 6.33 Å². The number of aromatic nitrogens is 3. The fourth-order valence-corrected chi connectivity index (χ4v) is 4.45. The van der Waals surface area contributed by atoms with E-state index in [1.54, 1.807) is 24.7 Å². The van der Waals surface area contributed by atoms with Gasteiger partial charge in [-0.15, -0.1) is 0 Å². The summed E-state index contributed by atoms with van der Waals surface area (Å²) in [6.07, 6.45) is 0.811. The number of halogens is 4. The third-order valence-corrected chi connectivity index (χ3v) is 5.93. The van der Waals surface area contributed by atoms with E-state index in [0.717, 1.165) is 30.6 Å².